The Kier molecular flexibility index (Phi) is 5.30. The number of nitro groups is 1. The summed E-state index contributed by atoms with van der Waals surface area (Å²) in [5.41, 5.74) is 0.199. The van der Waals surface area contributed by atoms with Crippen LogP contribution >= 0.6 is 0 Å². The van der Waals surface area contributed by atoms with Gasteiger partial charge in [-0.15, -0.1) is 0 Å². The van der Waals surface area contributed by atoms with Gasteiger partial charge < -0.3 is 15.0 Å². The molecule has 1 aliphatic rings. The number of non-ortho nitro benzene ring substituents is 1. The molecule has 0 aliphatic carbocycles. The van der Waals surface area contributed by atoms with Crippen molar-refractivity contribution in [3.8, 4) is 5.75 Å². The zero-order valence-electron chi connectivity index (χ0n) is 14.1. The summed E-state index contributed by atoms with van der Waals surface area (Å²) in [6.45, 7) is 0.0978. The fourth-order valence-electron chi connectivity index (χ4n) is 2.58. The number of ether oxygens (including phenoxy) is 1. The largest absolute Gasteiger partial charge is 0.481 e. The second-order valence-electron chi connectivity index (χ2n) is 6.01. The van der Waals surface area contributed by atoms with Crippen molar-refractivity contribution in [2.45, 2.75) is 0 Å². The van der Waals surface area contributed by atoms with Crippen LogP contribution in [0.2, 0.25) is 0 Å². The van der Waals surface area contributed by atoms with E-state index in [0.29, 0.717) is 5.69 Å². The van der Waals surface area contributed by atoms with Crippen molar-refractivity contribution in [3.63, 3.8) is 0 Å². The van der Waals surface area contributed by atoms with Gasteiger partial charge in [0.2, 0.25) is 5.91 Å². The highest BCUT2D eigenvalue weighted by Crippen LogP contribution is 2.22. The molecule has 9 heteroatoms. The van der Waals surface area contributed by atoms with E-state index in [-0.39, 0.29) is 42.9 Å². The number of hydrogen-bond acceptors (Lipinski definition) is 5. The first kappa shape index (κ1) is 18.3. The average molecular weight is 373 g/mol. The van der Waals surface area contributed by atoms with Gasteiger partial charge in [-0.05, 0) is 18.2 Å². The summed E-state index contributed by atoms with van der Waals surface area (Å²) in [7, 11) is 0. The fourth-order valence-corrected chi connectivity index (χ4v) is 2.58. The SMILES string of the molecule is O=C(Nc1cccc([N+](=O)[O-])c1)C1CN(C(=O)COc2ccccc2F)C1. The normalized spacial score (nSPS) is 13.6. The van der Waals surface area contributed by atoms with E-state index in [2.05, 4.69) is 5.32 Å². The molecular weight excluding hydrogens is 357 g/mol. The maximum Gasteiger partial charge on any atom is 0.271 e. The third kappa shape index (κ3) is 4.38. The van der Waals surface area contributed by atoms with E-state index in [4.69, 9.17) is 4.74 Å². The molecule has 0 saturated carbocycles. The Balaban J connectivity index is 1.46. The van der Waals surface area contributed by atoms with Crippen LogP contribution in [0.15, 0.2) is 48.5 Å². The molecule has 1 saturated heterocycles. The molecule has 2 aromatic rings. The van der Waals surface area contributed by atoms with Crippen molar-refractivity contribution in [1.82, 2.24) is 4.90 Å². The third-order valence-electron chi connectivity index (χ3n) is 4.12. The molecule has 1 N–H and O–H groups in total. The van der Waals surface area contributed by atoms with Gasteiger partial charge in [-0.2, -0.15) is 0 Å². The van der Waals surface area contributed by atoms with Gasteiger partial charge in [-0.25, -0.2) is 4.39 Å². The van der Waals surface area contributed by atoms with E-state index in [0.717, 1.165) is 0 Å². The zero-order chi connectivity index (χ0) is 19.4. The highest BCUT2D eigenvalue weighted by molar-refractivity contribution is 5.95. The van der Waals surface area contributed by atoms with Crippen LogP contribution in [-0.2, 0) is 9.59 Å². The Morgan fingerprint density at radius 1 is 1.22 bits per heavy atom. The molecule has 8 nitrogen and oxygen atoms in total. The number of carbonyl (C=O) groups excluding carboxylic acids is 2. The molecule has 1 aliphatic heterocycles. The summed E-state index contributed by atoms with van der Waals surface area (Å²) in [6, 6.07) is 11.4. The van der Waals surface area contributed by atoms with Crippen molar-refractivity contribution in [2.75, 3.05) is 25.0 Å². The lowest BCUT2D eigenvalue weighted by Gasteiger charge is -2.38. The van der Waals surface area contributed by atoms with Gasteiger partial charge in [0.1, 0.15) is 0 Å². The summed E-state index contributed by atoms with van der Waals surface area (Å²) in [5, 5.41) is 13.4. The van der Waals surface area contributed by atoms with Crippen LogP contribution in [0.5, 0.6) is 5.75 Å². The van der Waals surface area contributed by atoms with Gasteiger partial charge in [0.15, 0.2) is 18.2 Å². The first-order chi connectivity index (χ1) is 12.9. The predicted octanol–water partition coefficient (Wildman–Crippen LogP) is 2.21. The zero-order valence-corrected chi connectivity index (χ0v) is 14.1. The Labute approximate surface area is 153 Å². The first-order valence-electron chi connectivity index (χ1n) is 8.14. The van der Waals surface area contributed by atoms with Crippen LogP contribution in [0.4, 0.5) is 15.8 Å². The van der Waals surface area contributed by atoms with Crippen LogP contribution in [0.25, 0.3) is 0 Å². The molecule has 0 bridgehead atoms. The summed E-state index contributed by atoms with van der Waals surface area (Å²) in [5.74, 6) is -1.65. The molecule has 0 spiro atoms. The molecule has 0 radical (unpaired) electrons. The average Bonchev–Trinajstić information content (AvgIpc) is 2.60. The van der Waals surface area contributed by atoms with Gasteiger partial charge >= 0.3 is 0 Å². The monoisotopic (exact) mass is 373 g/mol. The Morgan fingerprint density at radius 2 is 1.96 bits per heavy atom. The molecule has 0 atom stereocenters. The number of likely N-dealkylation sites (tertiary alicyclic amines) is 1. The number of carbonyl (C=O) groups is 2. The summed E-state index contributed by atoms with van der Waals surface area (Å²) >= 11 is 0. The number of rotatable bonds is 6. The number of nitrogens with one attached hydrogen (secondary N) is 1. The maximum absolute atomic E-state index is 13.4. The van der Waals surface area contributed by atoms with Gasteiger partial charge in [0.05, 0.1) is 10.8 Å². The molecule has 140 valence electrons. The van der Waals surface area contributed by atoms with Gasteiger partial charge in [0, 0.05) is 30.9 Å². The molecule has 0 unspecified atom stereocenters. The maximum atomic E-state index is 13.4. The number of benzene rings is 2. The van der Waals surface area contributed by atoms with E-state index in [1.54, 1.807) is 12.1 Å². The second-order valence-corrected chi connectivity index (χ2v) is 6.01. The molecular formula is C18H16FN3O5. The lowest BCUT2D eigenvalue weighted by atomic mass is 9.99. The summed E-state index contributed by atoms with van der Waals surface area (Å²) in [4.78, 5) is 35.8. The molecule has 2 aromatic carbocycles. The quantitative estimate of drug-likeness (QED) is 0.618. The Morgan fingerprint density at radius 3 is 2.67 bits per heavy atom. The van der Waals surface area contributed by atoms with Crippen molar-refractivity contribution < 1.29 is 23.6 Å². The molecule has 1 heterocycles. The van der Waals surface area contributed by atoms with Crippen LogP contribution in [-0.4, -0.2) is 41.3 Å². The Bertz CT molecular complexity index is 883. The minimum Gasteiger partial charge on any atom is -0.481 e. The minimum absolute atomic E-state index is 0.00802. The second kappa shape index (κ2) is 7.81. The number of para-hydroxylation sites is 1. The molecule has 27 heavy (non-hydrogen) atoms. The number of anilines is 1. The van der Waals surface area contributed by atoms with E-state index < -0.39 is 16.7 Å². The van der Waals surface area contributed by atoms with Crippen molar-refractivity contribution >= 4 is 23.2 Å². The summed E-state index contributed by atoms with van der Waals surface area (Å²) in [6.07, 6.45) is 0. The number of nitrogens with zero attached hydrogens (tertiary/aromatic N) is 2. The fraction of sp³-hybridized carbons (Fsp3) is 0.222. The van der Waals surface area contributed by atoms with Gasteiger partial charge in [0.25, 0.3) is 11.6 Å². The van der Waals surface area contributed by atoms with Crippen LogP contribution in [0, 0.1) is 21.8 Å². The van der Waals surface area contributed by atoms with E-state index in [1.807, 2.05) is 0 Å². The standard InChI is InChI=1S/C18H16FN3O5/c19-15-6-1-2-7-16(15)27-11-17(23)21-9-12(10-21)18(24)20-13-4-3-5-14(8-13)22(25)26/h1-8,12H,9-11H2,(H,20,24). The van der Waals surface area contributed by atoms with Gasteiger partial charge in [-0.3, -0.25) is 19.7 Å². The van der Waals surface area contributed by atoms with E-state index >= 15 is 0 Å². The predicted molar refractivity (Wildman–Crippen MR) is 93.7 cm³/mol. The smallest absolute Gasteiger partial charge is 0.271 e. The first-order valence-corrected chi connectivity index (χ1v) is 8.14. The molecule has 1 fully saturated rings. The lowest BCUT2D eigenvalue weighted by Crippen LogP contribution is -2.55. The third-order valence-corrected chi connectivity index (χ3v) is 4.12. The van der Waals surface area contributed by atoms with E-state index in [1.165, 1.54) is 41.3 Å². The van der Waals surface area contributed by atoms with Gasteiger partial charge in [-0.1, -0.05) is 18.2 Å². The van der Waals surface area contributed by atoms with Crippen molar-refractivity contribution in [3.05, 3.63) is 64.5 Å². The Hall–Kier alpha value is -3.49. The summed E-state index contributed by atoms with van der Waals surface area (Å²) < 4.78 is 18.6. The van der Waals surface area contributed by atoms with E-state index in [9.17, 15) is 24.1 Å². The number of halogens is 1. The molecule has 0 aromatic heterocycles. The minimum atomic E-state index is -0.553. The lowest BCUT2D eigenvalue weighted by molar-refractivity contribution is -0.384. The molecule has 3 rings (SSSR count). The highest BCUT2D eigenvalue weighted by Gasteiger charge is 2.35. The van der Waals surface area contributed by atoms with Crippen LogP contribution in [0.1, 0.15) is 0 Å². The molecule has 2 amide bonds. The van der Waals surface area contributed by atoms with Crippen molar-refractivity contribution in [1.29, 1.82) is 0 Å². The number of amides is 2. The topological polar surface area (TPSA) is 102 Å². The van der Waals surface area contributed by atoms with Crippen molar-refractivity contribution in [2.24, 2.45) is 5.92 Å². The highest BCUT2D eigenvalue weighted by atomic mass is 19.1. The number of hydrogen-bond donors (Lipinski definition) is 1. The number of nitro benzene ring substituents is 1. The van der Waals surface area contributed by atoms with Crippen LogP contribution in [0.3, 0.4) is 0 Å². The van der Waals surface area contributed by atoms with Crippen LogP contribution < -0.4 is 10.1 Å².